The molecule has 8 nitrogen and oxygen atoms in total. The normalized spacial score (nSPS) is 10.4. The number of methoxy groups -OCH3 is 1. The quantitative estimate of drug-likeness (QED) is 0.719. The number of nitrogens with one attached hydrogen (secondary N) is 2. The van der Waals surface area contributed by atoms with E-state index in [1.807, 2.05) is 0 Å². The van der Waals surface area contributed by atoms with Crippen LogP contribution in [0.25, 0.3) is 0 Å². The van der Waals surface area contributed by atoms with E-state index in [1.165, 1.54) is 19.5 Å². The number of halogens is 1. The van der Waals surface area contributed by atoms with E-state index < -0.39 is 5.91 Å². The third-order valence-electron chi connectivity index (χ3n) is 3.19. The second-order valence-corrected chi connectivity index (χ2v) is 5.45. The van der Waals surface area contributed by atoms with Gasteiger partial charge in [0.15, 0.2) is 5.82 Å². The number of aromatic nitrogens is 3. The number of amides is 1. The molecule has 0 unspecified atom stereocenters. The highest BCUT2D eigenvalue weighted by atomic mass is 35.5. The van der Waals surface area contributed by atoms with Crippen LogP contribution in [0.4, 0.5) is 17.3 Å². The molecule has 0 fully saturated rings. The fourth-order valence-corrected chi connectivity index (χ4v) is 2.30. The Balaban J connectivity index is 1.73. The lowest BCUT2D eigenvalue weighted by molar-refractivity contribution is 0.102. The SMILES string of the molecule is COc1ccc(NC(=O)c2cc(Nc3cc(C)on3)ncn2)cc1Cl. The van der Waals surface area contributed by atoms with Crippen LogP contribution < -0.4 is 15.4 Å². The summed E-state index contributed by atoms with van der Waals surface area (Å²) < 4.78 is 10.0. The highest BCUT2D eigenvalue weighted by molar-refractivity contribution is 6.32. The van der Waals surface area contributed by atoms with Crippen molar-refractivity contribution in [3.8, 4) is 5.75 Å². The van der Waals surface area contributed by atoms with Gasteiger partial charge >= 0.3 is 0 Å². The zero-order valence-corrected chi connectivity index (χ0v) is 14.2. The Morgan fingerprint density at radius 3 is 2.72 bits per heavy atom. The Hall–Kier alpha value is -3.13. The number of hydrogen-bond acceptors (Lipinski definition) is 7. The monoisotopic (exact) mass is 359 g/mol. The van der Waals surface area contributed by atoms with E-state index in [2.05, 4.69) is 25.8 Å². The lowest BCUT2D eigenvalue weighted by Gasteiger charge is -2.08. The standard InChI is InChI=1S/C16H14ClN5O3/c1-9-5-15(22-25-9)21-14-7-12(18-8-19-14)16(23)20-10-3-4-13(24-2)11(17)6-10/h3-8H,1-2H3,(H,20,23)(H,18,19,21,22). The lowest BCUT2D eigenvalue weighted by atomic mass is 10.3. The maximum absolute atomic E-state index is 12.4. The number of carbonyl (C=O) groups excluding carboxylic acids is 1. The summed E-state index contributed by atoms with van der Waals surface area (Å²) in [6.45, 7) is 1.77. The van der Waals surface area contributed by atoms with E-state index in [4.69, 9.17) is 20.9 Å². The molecule has 1 amide bonds. The van der Waals surface area contributed by atoms with Crippen molar-refractivity contribution < 1.29 is 14.1 Å². The summed E-state index contributed by atoms with van der Waals surface area (Å²) in [4.78, 5) is 20.4. The summed E-state index contributed by atoms with van der Waals surface area (Å²) in [5, 5.41) is 9.85. The Kier molecular flexibility index (Phi) is 4.80. The van der Waals surface area contributed by atoms with Crippen molar-refractivity contribution in [2.75, 3.05) is 17.7 Å². The number of benzene rings is 1. The number of anilines is 3. The van der Waals surface area contributed by atoms with Crippen molar-refractivity contribution in [1.29, 1.82) is 0 Å². The van der Waals surface area contributed by atoms with Crippen molar-refractivity contribution in [3.63, 3.8) is 0 Å². The zero-order valence-electron chi connectivity index (χ0n) is 13.4. The molecule has 2 heterocycles. The van der Waals surface area contributed by atoms with Gasteiger partial charge in [-0.1, -0.05) is 16.8 Å². The Labute approximate surface area is 148 Å². The van der Waals surface area contributed by atoms with Gasteiger partial charge in [-0.15, -0.1) is 0 Å². The van der Waals surface area contributed by atoms with Gasteiger partial charge in [0.05, 0.1) is 12.1 Å². The van der Waals surface area contributed by atoms with E-state index >= 15 is 0 Å². The van der Waals surface area contributed by atoms with E-state index in [-0.39, 0.29) is 5.69 Å². The molecule has 0 saturated carbocycles. The van der Waals surface area contributed by atoms with E-state index in [1.54, 1.807) is 31.2 Å². The second-order valence-electron chi connectivity index (χ2n) is 5.04. The van der Waals surface area contributed by atoms with Crippen LogP contribution in [0.15, 0.2) is 41.2 Å². The van der Waals surface area contributed by atoms with Gasteiger partial charge in [0.2, 0.25) is 0 Å². The number of ether oxygens (including phenoxy) is 1. The van der Waals surface area contributed by atoms with Crippen LogP contribution in [0.3, 0.4) is 0 Å². The highest BCUT2D eigenvalue weighted by Gasteiger charge is 2.11. The van der Waals surface area contributed by atoms with Gasteiger partial charge < -0.3 is 19.9 Å². The molecule has 0 saturated heterocycles. The first-order valence-electron chi connectivity index (χ1n) is 7.22. The van der Waals surface area contributed by atoms with E-state index in [9.17, 15) is 4.79 Å². The Morgan fingerprint density at radius 2 is 2.04 bits per heavy atom. The van der Waals surface area contributed by atoms with Gasteiger partial charge in [-0.2, -0.15) is 0 Å². The maximum Gasteiger partial charge on any atom is 0.274 e. The molecular formula is C16H14ClN5O3. The van der Waals surface area contributed by atoms with Crippen LogP contribution in [0.1, 0.15) is 16.2 Å². The van der Waals surface area contributed by atoms with Gasteiger partial charge in [0.25, 0.3) is 5.91 Å². The number of nitrogens with zero attached hydrogens (tertiary/aromatic N) is 3. The molecule has 0 aliphatic carbocycles. The number of carbonyl (C=O) groups is 1. The number of hydrogen-bond donors (Lipinski definition) is 2. The third kappa shape index (κ3) is 4.04. The Bertz CT molecular complexity index is 912. The first-order valence-corrected chi connectivity index (χ1v) is 7.60. The molecule has 1 aromatic carbocycles. The van der Waals surface area contributed by atoms with Gasteiger partial charge in [-0.25, -0.2) is 9.97 Å². The molecule has 0 atom stereocenters. The minimum absolute atomic E-state index is 0.185. The first kappa shape index (κ1) is 16.7. The molecule has 0 bridgehead atoms. The molecule has 0 aliphatic heterocycles. The van der Waals surface area contributed by atoms with Crippen molar-refractivity contribution in [3.05, 3.63) is 53.1 Å². The molecular weight excluding hydrogens is 346 g/mol. The molecule has 128 valence electrons. The predicted molar refractivity (Wildman–Crippen MR) is 92.5 cm³/mol. The summed E-state index contributed by atoms with van der Waals surface area (Å²) in [6, 6.07) is 8.15. The molecule has 25 heavy (non-hydrogen) atoms. The van der Waals surface area contributed by atoms with Crippen molar-refractivity contribution in [1.82, 2.24) is 15.1 Å². The van der Waals surface area contributed by atoms with E-state index in [0.29, 0.717) is 33.9 Å². The summed E-state index contributed by atoms with van der Waals surface area (Å²) >= 11 is 6.05. The minimum Gasteiger partial charge on any atom is -0.495 e. The molecule has 2 N–H and O–H groups in total. The molecule has 9 heteroatoms. The van der Waals surface area contributed by atoms with Crippen LogP contribution in [-0.2, 0) is 0 Å². The van der Waals surface area contributed by atoms with Crippen molar-refractivity contribution >= 4 is 34.8 Å². The van der Waals surface area contributed by atoms with Crippen LogP contribution in [0.2, 0.25) is 5.02 Å². The summed E-state index contributed by atoms with van der Waals surface area (Å²) in [7, 11) is 1.52. The third-order valence-corrected chi connectivity index (χ3v) is 3.49. The zero-order chi connectivity index (χ0) is 17.8. The fourth-order valence-electron chi connectivity index (χ4n) is 2.05. The lowest BCUT2D eigenvalue weighted by Crippen LogP contribution is -2.14. The summed E-state index contributed by atoms with van der Waals surface area (Å²) in [6.07, 6.45) is 1.28. The van der Waals surface area contributed by atoms with Gasteiger partial charge in [0.1, 0.15) is 29.3 Å². The summed E-state index contributed by atoms with van der Waals surface area (Å²) in [5.41, 5.74) is 0.709. The fraction of sp³-hybridized carbons (Fsp3) is 0.125. The minimum atomic E-state index is -0.400. The second kappa shape index (κ2) is 7.18. The average molecular weight is 360 g/mol. The van der Waals surface area contributed by atoms with Gasteiger partial charge in [-0.3, -0.25) is 4.79 Å². The van der Waals surface area contributed by atoms with Gasteiger partial charge in [0, 0.05) is 17.8 Å². The average Bonchev–Trinajstić information content (AvgIpc) is 3.00. The molecule has 3 rings (SSSR count). The maximum atomic E-state index is 12.4. The molecule has 3 aromatic rings. The molecule has 0 spiro atoms. The summed E-state index contributed by atoms with van der Waals surface area (Å²) in [5.74, 6) is 1.69. The van der Waals surface area contributed by atoms with Crippen LogP contribution in [0.5, 0.6) is 5.75 Å². The largest absolute Gasteiger partial charge is 0.495 e. The van der Waals surface area contributed by atoms with Crippen molar-refractivity contribution in [2.45, 2.75) is 6.92 Å². The number of rotatable bonds is 5. The van der Waals surface area contributed by atoms with E-state index in [0.717, 1.165) is 0 Å². The van der Waals surface area contributed by atoms with Crippen LogP contribution >= 0.6 is 11.6 Å². The smallest absolute Gasteiger partial charge is 0.274 e. The predicted octanol–water partition coefficient (Wildman–Crippen LogP) is 3.43. The number of aryl methyl sites for hydroxylation is 1. The molecule has 0 radical (unpaired) electrons. The van der Waals surface area contributed by atoms with Crippen LogP contribution in [-0.4, -0.2) is 28.1 Å². The topological polar surface area (TPSA) is 102 Å². The van der Waals surface area contributed by atoms with Gasteiger partial charge in [-0.05, 0) is 25.1 Å². The first-order chi connectivity index (χ1) is 12.0. The van der Waals surface area contributed by atoms with Crippen LogP contribution in [0, 0.1) is 6.92 Å². The highest BCUT2D eigenvalue weighted by Crippen LogP contribution is 2.27. The van der Waals surface area contributed by atoms with Crippen molar-refractivity contribution in [2.24, 2.45) is 0 Å². The molecule has 0 aliphatic rings. The molecule has 2 aromatic heterocycles. The Morgan fingerprint density at radius 1 is 1.20 bits per heavy atom.